The van der Waals surface area contributed by atoms with E-state index in [0.29, 0.717) is 34.6 Å². The molecule has 0 aliphatic heterocycles. The van der Waals surface area contributed by atoms with Crippen LogP contribution in [-0.2, 0) is 0 Å². The highest BCUT2D eigenvalue weighted by molar-refractivity contribution is 7.80. The monoisotopic (exact) mass is 475 g/mol. The third-order valence-corrected chi connectivity index (χ3v) is 5.04. The van der Waals surface area contributed by atoms with Crippen LogP contribution in [0.4, 0.5) is 11.6 Å². The summed E-state index contributed by atoms with van der Waals surface area (Å²) in [6.07, 6.45) is 0. The van der Waals surface area contributed by atoms with Crippen molar-refractivity contribution >= 4 is 45.8 Å². The van der Waals surface area contributed by atoms with E-state index in [0.717, 1.165) is 0 Å². The third-order valence-electron chi connectivity index (χ3n) is 4.84. The Labute approximate surface area is 200 Å². The molecule has 34 heavy (non-hydrogen) atoms. The van der Waals surface area contributed by atoms with Crippen molar-refractivity contribution in [2.45, 2.75) is 6.92 Å². The number of para-hydroxylation sites is 1. The van der Waals surface area contributed by atoms with Crippen molar-refractivity contribution in [1.29, 1.82) is 0 Å². The largest absolute Gasteiger partial charge is 0.494 e. The van der Waals surface area contributed by atoms with Crippen LogP contribution in [0.15, 0.2) is 77.6 Å². The number of carboxylic acids is 1. The van der Waals surface area contributed by atoms with E-state index in [2.05, 4.69) is 21.2 Å². The summed E-state index contributed by atoms with van der Waals surface area (Å²) in [7, 11) is 0. The van der Waals surface area contributed by atoms with E-state index in [1.54, 1.807) is 60.7 Å². The summed E-state index contributed by atoms with van der Waals surface area (Å²) in [5.41, 5.74) is 7.17. The Morgan fingerprint density at radius 2 is 1.85 bits per heavy atom. The molecule has 10 heteroatoms. The molecule has 0 radical (unpaired) electrons. The third kappa shape index (κ3) is 4.97. The molecular weight excluding hydrogens is 454 g/mol. The van der Waals surface area contributed by atoms with Gasteiger partial charge in [-0.25, -0.2) is 14.3 Å². The minimum Gasteiger partial charge on any atom is -0.494 e. The first kappa shape index (κ1) is 22.7. The lowest BCUT2D eigenvalue weighted by atomic mass is 10.2. The van der Waals surface area contributed by atoms with Crippen LogP contribution in [-0.4, -0.2) is 32.3 Å². The molecule has 172 valence electrons. The number of anilines is 2. The van der Waals surface area contributed by atoms with Gasteiger partial charge in [0.25, 0.3) is 5.56 Å². The first-order chi connectivity index (χ1) is 16.5. The molecule has 9 nitrogen and oxygen atoms in total. The van der Waals surface area contributed by atoms with Gasteiger partial charge in [0.1, 0.15) is 5.75 Å². The van der Waals surface area contributed by atoms with Crippen molar-refractivity contribution < 1.29 is 14.6 Å². The van der Waals surface area contributed by atoms with Crippen molar-refractivity contribution in [1.82, 2.24) is 15.0 Å². The van der Waals surface area contributed by atoms with E-state index in [1.165, 1.54) is 16.7 Å². The molecule has 0 aliphatic rings. The predicted octanol–water partition coefficient (Wildman–Crippen LogP) is 3.80. The number of benzene rings is 3. The van der Waals surface area contributed by atoms with Crippen molar-refractivity contribution in [3.8, 4) is 11.4 Å². The minimum absolute atomic E-state index is 0.126. The average molecular weight is 476 g/mol. The van der Waals surface area contributed by atoms with Gasteiger partial charge in [-0.3, -0.25) is 15.6 Å². The molecule has 0 spiro atoms. The Hall–Kier alpha value is -4.44. The Bertz CT molecular complexity index is 1420. The molecule has 0 unspecified atom stereocenters. The van der Waals surface area contributed by atoms with Gasteiger partial charge in [-0.15, -0.1) is 0 Å². The van der Waals surface area contributed by atoms with Gasteiger partial charge in [0.05, 0.1) is 28.8 Å². The second-order valence-electron chi connectivity index (χ2n) is 7.11. The van der Waals surface area contributed by atoms with Gasteiger partial charge in [-0.2, -0.15) is 0 Å². The fourth-order valence-corrected chi connectivity index (χ4v) is 3.49. The SMILES string of the molecule is CCOc1ccc(-n2c(NNC(=S)Nc3cccc(C(=O)O)c3)nc3ccccc3c2=O)cc1. The number of aromatic carboxylic acids is 1. The molecule has 0 aliphatic carbocycles. The molecule has 0 saturated heterocycles. The van der Waals surface area contributed by atoms with Crippen LogP contribution in [0.2, 0.25) is 0 Å². The average Bonchev–Trinajstić information content (AvgIpc) is 2.84. The van der Waals surface area contributed by atoms with Crippen LogP contribution >= 0.6 is 12.2 Å². The number of rotatable bonds is 7. The Morgan fingerprint density at radius 1 is 1.09 bits per heavy atom. The number of hydrazine groups is 1. The number of aromatic nitrogens is 2. The van der Waals surface area contributed by atoms with Crippen LogP contribution in [0.25, 0.3) is 16.6 Å². The van der Waals surface area contributed by atoms with Crippen molar-refractivity contribution in [3.05, 3.63) is 88.7 Å². The molecule has 4 N–H and O–H groups in total. The second kappa shape index (κ2) is 10.0. The summed E-state index contributed by atoms with van der Waals surface area (Å²) >= 11 is 5.32. The highest BCUT2D eigenvalue weighted by atomic mass is 32.1. The van der Waals surface area contributed by atoms with Crippen LogP contribution in [0.1, 0.15) is 17.3 Å². The van der Waals surface area contributed by atoms with Crippen molar-refractivity contribution in [2.75, 3.05) is 17.3 Å². The highest BCUT2D eigenvalue weighted by Crippen LogP contribution is 2.19. The molecular formula is C24H21N5O4S. The van der Waals surface area contributed by atoms with Gasteiger partial charge in [-0.05, 0) is 73.7 Å². The first-order valence-corrected chi connectivity index (χ1v) is 10.8. The number of ether oxygens (including phenoxy) is 1. The number of carboxylic acid groups (broad SMARTS) is 1. The molecule has 4 aromatic rings. The zero-order valence-corrected chi connectivity index (χ0v) is 18.9. The lowest BCUT2D eigenvalue weighted by Gasteiger charge is -2.17. The number of nitrogens with zero attached hydrogens (tertiary/aromatic N) is 2. The van der Waals surface area contributed by atoms with Gasteiger partial charge in [0.15, 0.2) is 5.11 Å². The summed E-state index contributed by atoms with van der Waals surface area (Å²) in [6, 6.07) is 20.4. The molecule has 0 atom stereocenters. The van der Waals surface area contributed by atoms with Crippen LogP contribution in [0.3, 0.4) is 0 Å². The first-order valence-electron chi connectivity index (χ1n) is 10.4. The lowest BCUT2D eigenvalue weighted by molar-refractivity contribution is 0.0697. The van der Waals surface area contributed by atoms with Crippen LogP contribution in [0, 0.1) is 0 Å². The smallest absolute Gasteiger partial charge is 0.335 e. The predicted molar refractivity (Wildman–Crippen MR) is 135 cm³/mol. The molecule has 1 aromatic heterocycles. The highest BCUT2D eigenvalue weighted by Gasteiger charge is 2.13. The zero-order valence-electron chi connectivity index (χ0n) is 18.1. The number of carbonyl (C=O) groups is 1. The molecule has 0 fully saturated rings. The van der Waals surface area contributed by atoms with Gasteiger partial charge >= 0.3 is 5.97 Å². The molecule has 0 bridgehead atoms. The van der Waals surface area contributed by atoms with E-state index < -0.39 is 5.97 Å². The van der Waals surface area contributed by atoms with Gasteiger partial charge < -0.3 is 15.2 Å². The van der Waals surface area contributed by atoms with Gasteiger partial charge in [0.2, 0.25) is 5.95 Å². The fraction of sp³-hybridized carbons (Fsp3) is 0.0833. The zero-order chi connectivity index (χ0) is 24.1. The Morgan fingerprint density at radius 3 is 2.59 bits per heavy atom. The maximum Gasteiger partial charge on any atom is 0.335 e. The Kier molecular flexibility index (Phi) is 6.69. The Balaban J connectivity index is 1.63. The van der Waals surface area contributed by atoms with E-state index in [-0.39, 0.29) is 22.2 Å². The van der Waals surface area contributed by atoms with E-state index in [4.69, 9.17) is 22.1 Å². The minimum atomic E-state index is -1.04. The van der Waals surface area contributed by atoms with Crippen molar-refractivity contribution in [2.24, 2.45) is 0 Å². The molecule has 1 heterocycles. The number of hydrogen-bond acceptors (Lipinski definition) is 6. The van der Waals surface area contributed by atoms with E-state index in [1.807, 2.05) is 6.92 Å². The standard InChI is InChI=1S/C24H21N5O4S/c1-2-33-18-12-10-17(11-13-18)29-21(30)19-8-3-4-9-20(19)26-23(29)27-28-24(34)25-16-7-5-6-15(14-16)22(31)32/h3-14H,2H2,1H3,(H,26,27)(H,31,32)(H2,25,28,34). The quantitative estimate of drug-likeness (QED) is 0.234. The van der Waals surface area contributed by atoms with E-state index in [9.17, 15) is 9.59 Å². The van der Waals surface area contributed by atoms with Crippen LogP contribution in [0.5, 0.6) is 5.75 Å². The van der Waals surface area contributed by atoms with E-state index >= 15 is 0 Å². The lowest BCUT2D eigenvalue weighted by Crippen LogP contribution is -2.36. The topological polar surface area (TPSA) is 118 Å². The van der Waals surface area contributed by atoms with Gasteiger partial charge in [-0.1, -0.05) is 18.2 Å². The summed E-state index contributed by atoms with van der Waals surface area (Å²) < 4.78 is 6.92. The summed E-state index contributed by atoms with van der Waals surface area (Å²) in [5, 5.41) is 12.7. The van der Waals surface area contributed by atoms with Crippen LogP contribution < -0.4 is 26.5 Å². The molecule has 4 rings (SSSR count). The molecule has 0 saturated carbocycles. The van der Waals surface area contributed by atoms with Crippen molar-refractivity contribution in [3.63, 3.8) is 0 Å². The normalized spacial score (nSPS) is 10.5. The summed E-state index contributed by atoms with van der Waals surface area (Å²) in [5.74, 6) is -0.133. The summed E-state index contributed by atoms with van der Waals surface area (Å²) in [6.45, 7) is 2.43. The fourth-order valence-electron chi connectivity index (χ4n) is 3.32. The second-order valence-corrected chi connectivity index (χ2v) is 7.52. The van der Waals surface area contributed by atoms with Gasteiger partial charge in [0, 0.05) is 5.69 Å². The summed E-state index contributed by atoms with van der Waals surface area (Å²) in [4.78, 5) is 29.1. The molecule has 3 aromatic carbocycles. The number of hydrogen-bond donors (Lipinski definition) is 4. The maximum absolute atomic E-state index is 13.3. The maximum atomic E-state index is 13.3. The number of thiocarbonyl (C=S) groups is 1. The number of nitrogens with one attached hydrogen (secondary N) is 3. The molecule has 0 amide bonds. The number of fused-ring (bicyclic) bond motifs is 1.